The van der Waals surface area contributed by atoms with Crippen molar-refractivity contribution in [3.05, 3.63) is 41.5 Å². The molecule has 1 atom stereocenters. The molecule has 2 nitrogen and oxygen atoms in total. The first-order valence-corrected chi connectivity index (χ1v) is 5.17. The van der Waals surface area contributed by atoms with Gasteiger partial charge in [0.05, 0.1) is 6.10 Å². The molecule has 0 unspecified atom stereocenters. The topological polar surface area (TPSA) is 29.5 Å². The van der Waals surface area contributed by atoms with E-state index in [0.717, 1.165) is 16.9 Å². The van der Waals surface area contributed by atoms with E-state index in [1.807, 2.05) is 44.2 Å². The van der Waals surface area contributed by atoms with E-state index in [9.17, 15) is 5.11 Å². The molecule has 1 rings (SSSR count). The summed E-state index contributed by atoms with van der Waals surface area (Å²) in [5, 5.41) is 9.55. The van der Waals surface area contributed by atoms with Gasteiger partial charge in [-0.3, -0.25) is 0 Å². The lowest BCUT2D eigenvalue weighted by atomic mass is 10.1. The first kappa shape index (κ1) is 11.8. The minimum absolute atomic E-state index is 0.494. The second kappa shape index (κ2) is 5.56. The minimum Gasteiger partial charge on any atom is -0.489 e. The molecular formula is C13H18O2. The zero-order chi connectivity index (χ0) is 11.3. The Morgan fingerprint density at radius 2 is 2.20 bits per heavy atom. The average Bonchev–Trinajstić information content (AvgIpc) is 2.18. The fourth-order valence-corrected chi connectivity index (χ4v) is 1.35. The highest BCUT2D eigenvalue weighted by Crippen LogP contribution is 2.26. The first-order valence-electron chi connectivity index (χ1n) is 5.17. The maximum atomic E-state index is 9.55. The summed E-state index contributed by atoms with van der Waals surface area (Å²) in [5.41, 5.74) is 1.97. The van der Waals surface area contributed by atoms with Crippen LogP contribution >= 0.6 is 0 Å². The highest BCUT2D eigenvalue weighted by Gasteiger charge is 2.08. The molecule has 0 aromatic heterocycles. The van der Waals surface area contributed by atoms with Gasteiger partial charge in [-0.2, -0.15) is 0 Å². The molecule has 0 radical (unpaired) electrons. The second-order valence-electron chi connectivity index (χ2n) is 3.60. The fourth-order valence-electron chi connectivity index (χ4n) is 1.35. The summed E-state index contributed by atoms with van der Waals surface area (Å²) in [6.45, 7) is 6.25. The number of aryl methyl sites for hydroxylation is 1. The molecule has 0 amide bonds. The number of hydrogen-bond acceptors (Lipinski definition) is 2. The number of aliphatic hydroxyl groups excluding tert-OH is 1. The van der Waals surface area contributed by atoms with Crippen LogP contribution in [0, 0.1) is 6.92 Å². The predicted octanol–water partition coefficient (Wildman–Crippen LogP) is 3.00. The molecule has 0 spiro atoms. The van der Waals surface area contributed by atoms with Gasteiger partial charge < -0.3 is 9.84 Å². The Morgan fingerprint density at radius 3 is 2.80 bits per heavy atom. The summed E-state index contributed by atoms with van der Waals surface area (Å²) < 4.78 is 5.57. The molecule has 0 bridgehead atoms. The molecule has 0 aliphatic rings. The van der Waals surface area contributed by atoms with E-state index < -0.39 is 6.10 Å². The lowest BCUT2D eigenvalue weighted by Gasteiger charge is -2.13. The van der Waals surface area contributed by atoms with Crippen LogP contribution < -0.4 is 4.74 Å². The molecule has 0 heterocycles. The number of allylic oxidation sites excluding steroid dienone is 1. The summed E-state index contributed by atoms with van der Waals surface area (Å²) in [6.07, 6.45) is 3.39. The molecule has 0 aliphatic carbocycles. The van der Waals surface area contributed by atoms with E-state index in [2.05, 4.69) is 0 Å². The second-order valence-corrected chi connectivity index (χ2v) is 3.60. The van der Waals surface area contributed by atoms with Crippen LogP contribution in [0.4, 0.5) is 0 Å². The maximum absolute atomic E-state index is 9.55. The van der Waals surface area contributed by atoms with E-state index in [-0.39, 0.29) is 0 Å². The van der Waals surface area contributed by atoms with Gasteiger partial charge >= 0.3 is 0 Å². The Balaban J connectivity index is 2.86. The van der Waals surface area contributed by atoms with Crippen LogP contribution in [-0.2, 0) is 0 Å². The average molecular weight is 206 g/mol. The van der Waals surface area contributed by atoms with E-state index in [1.54, 1.807) is 6.92 Å². The fraction of sp³-hybridized carbons (Fsp3) is 0.385. The van der Waals surface area contributed by atoms with Gasteiger partial charge in [-0.05, 0) is 32.4 Å². The summed E-state index contributed by atoms with van der Waals surface area (Å²) in [5.74, 6) is 0.767. The van der Waals surface area contributed by atoms with Crippen molar-refractivity contribution in [2.24, 2.45) is 0 Å². The van der Waals surface area contributed by atoms with Crippen molar-refractivity contribution in [2.45, 2.75) is 26.9 Å². The number of hydrogen-bond donors (Lipinski definition) is 1. The zero-order valence-corrected chi connectivity index (χ0v) is 9.53. The van der Waals surface area contributed by atoms with Crippen LogP contribution in [0.2, 0.25) is 0 Å². The third kappa shape index (κ3) is 3.40. The number of benzene rings is 1. The number of aliphatic hydroxyl groups is 1. The molecule has 0 saturated carbocycles. The normalized spacial score (nSPS) is 13.1. The largest absolute Gasteiger partial charge is 0.489 e. The summed E-state index contributed by atoms with van der Waals surface area (Å²) in [6, 6.07) is 5.83. The van der Waals surface area contributed by atoms with Gasteiger partial charge in [0.25, 0.3) is 0 Å². The van der Waals surface area contributed by atoms with Gasteiger partial charge in [0.2, 0.25) is 0 Å². The lowest BCUT2D eigenvalue weighted by Crippen LogP contribution is -2.00. The standard InChI is InChI=1S/C13H18O2/c1-4-5-8-15-13-9-10(2)6-7-12(13)11(3)14/h4-7,9,11,14H,8H2,1-3H3/t11-/m0/s1. The highest BCUT2D eigenvalue weighted by atomic mass is 16.5. The van der Waals surface area contributed by atoms with E-state index >= 15 is 0 Å². The van der Waals surface area contributed by atoms with Crippen molar-refractivity contribution in [2.75, 3.05) is 6.61 Å². The number of rotatable bonds is 4. The van der Waals surface area contributed by atoms with Crippen LogP contribution in [0.3, 0.4) is 0 Å². The van der Waals surface area contributed by atoms with Crippen molar-refractivity contribution < 1.29 is 9.84 Å². The van der Waals surface area contributed by atoms with Gasteiger partial charge in [0.1, 0.15) is 12.4 Å². The number of ether oxygens (including phenoxy) is 1. The van der Waals surface area contributed by atoms with Gasteiger partial charge in [0, 0.05) is 5.56 Å². The molecule has 15 heavy (non-hydrogen) atoms. The molecule has 1 aromatic carbocycles. The van der Waals surface area contributed by atoms with Gasteiger partial charge in [0.15, 0.2) is 0 Å². The Bertz CT molecular complexity index is 340. The van der Waals surface area contributed by atoms with Crippen molar-refractivity contribution in [3.63, 3.8) is 0 Å². The lowest BCUT2D eigenvalue weighted by molar-refractivity contribution is 0.193. The van der Waals surface area contributed by atoms with E-state index in [0.29, 0.717) is 6.61 Å². The zero-order valence-electron chi connectivity index (χ0n) is 9.53. The Morgan fingerprint density at radius 1 is 1.47 bits per heavy atom. The summed E-state index contributed by atoms with van der Waals surface area (Å²) in [4.78, 5) is 0. The van der Waals surface area contributed by atoms with Crippen molar-refractivity contribution in [1.29, 1.82) is 0 Å². The predicted molar refractivity (Wildman–Crippen MR) is 62.1 cm³/mol. The molecule has 0 fully saturated rings. The van der Waals surface area contributed by atoms with Gasteiger partial charge in [-0.25, -0.2) is 0 Å². The van der Waals surface area contributed by atoms with Crippen molar-refractivity contribution in [1.82, 2.24) is 0 Å². The first-order chi connectivity index (χ1) is 7.15. The molecule has 82 valence electrons. The maximum Gasteiger partial charge on any atom is 0.125 e. The van der Waals surface area contributed by atoms with Crippen molar-refractivity contribution >= 4 is 0 Å². The quantitative estimate of drug-likeness (QED) is 0.767. The third-order valence-corrected chi connectivity index (χ3v) is 2.19. The monoisotopic (exact) mass is 206 g/mol. The smallest absolute Gasteiger partial charge is 0.125 e. The third-order valence-electron chi connectivity index (χ3n) is 2.19. The van der Waals surface area contributed by atoms with Crippen LogP contribution in [0.15, 0.2) is 30.4 Å². The Kier molecular flexibility index (Phi) is 4.37. The van der Waals surface area contributed by atoms with E-state index in [1.165, 1.54) is 0 Å². The Hall–Kier alpha value is -1.28. The minimum atomic E-state index is -0.494. The SMILES string of the molecule is CC=CCOc1cc(C)ccc1[C@H](C)O. The van der Waals surface area contributed by atoms with Crippen LogP contribution in [0.1, 0.15) is 31.1 Å². The summed E-state index contributed by atoms with van der Waals surface area (Å²) in [7, 11) is 0. The molecular weight excluding hydrogens is 188 g/mol. The van der Waals surface area contributed by atoms with E-state index in [4.69, 9.17) is 4.74 Å². The molecule has 0 aliphatic heterocycles. The van der Waals surface area contributed by atoms with Crippen LogP contribution in [0.25, 0.3) is 0 Å². The molecule has 1 aromatic rings. The molecule has 0 saturated heterocycles. The van der Waals surface area contributed by atoms with Crippen LogP contribution in [-0.4, -0.2) is 11.7 Å². The van der Waals surface area contributed by atoms with Crippen molar-refractivity contribution in [3.8, 4) is 5.75 Å². The highest BCUT2D eigenvalue weighted by molar-refractivity contribution is 5.38. The van der Waals surface area contributed by atoms with Gasteiger partial charge in [-0.15, -0.1) is 0 Å². The van der Waals surface area contributed by atoms with Gasteiger partial charge in [-0.1, -0.05) is 24.3 Å². The molecule has 1 N–H and O–H groups in total. The Labute approximate surface area is 91.2 Å². The summed E-state index contributed by atoms with van der Waals surface area (Å²) >= 11 is 0. The molecule has 2 heteroatoms. The van der Waals surface area contributed by atoms with Crippen LogP contribution in [0.5, 0.6) is 5.75 Å².